The van der Waals surface area contributed by atoms with Gasteiger partial charge in [0.05, 0.1) is 17.6 Å². The normalized spacial score (nSPS) is 10.0. The highest BCUT2D eigenvalue weighted by Crippen LogP contribution is 2.15. The Morgan fingerprint density at radius 1 is 0.885 bits per heavy atom. The Morgan fingerprint density at radius 3 is 2.04 bits per heavy atom. The summed E-state index contributed by atoms with van der Waals surface area (Å²) in [5.41, 5.74) is 17.4. The Hall–Kier alpha value is -3.61. The van der Waals surface area contributed by atoms with Gasteiger partial charge in [-0.3, -0.25) is 19.9 Å². The van der Waals surface area contributed by atoms with Crippen LogP contribution in [0.1, 0.15) is 11.1 Å². The molecular weight excluding hydrogens is 328 g/mol. The lowest BCUT2D eigenvalue weighted by molar-refractivity contribution is 1.04. The number of aromatic nitrogens is 4. The fraction of sp³-hybridized carbons (Fsp3) is 0.111. The molecule has 128 valence electrons. The summed E-state index contributed by atoms with van der Waals surface area (Å²) in [4.78, 5) is 19.3. The first-order valence-corrected chi connectivity index (χ1v) is 7.89. The van der Waals surface area contributed by atoms with E-state index in [1.54, 1.807) is 37.2 Å². The van der Waals surface area contributed by atoms with Gasteiger partial charge in [-0.2, -0.15) is 0 Å². The van der Waals surface area contributed by atoms with Gasteiger partial charge in [0.15, 0.2) is 0 Å². The number of hydrogen-bond acceptors (Lipinski definition) is 6. The fourth-order valence-corrected chi connectivity index (χ4v) is 2.49. The van der Waals surface area contributed by atoms with Crippen molar-refractivity contribution in [2.75, 3.05) is 0 Å². The van der Waals surface area contributed by atoms with Gasteiger partial charge in [-0.15, -0.1) is 0 Å². The second kappa shape index (κ2) is 8.48. The predicted molar refractivity (Wildman–Crippen MR) is 99.8 cm³/mol. The molecule has 4 heterocycles. The Kier molecular flexibility index (Phi) is 5.61. The Bertz CT molecular complexity index is 1060. The highest BCUT2D eigenvalue weighted by atomic mass is 15.1. The maximum Gasteiger partial charge on any atom is 0.0777 e. The second-order valence-electron chi connectivity index (χ2n) is 5.34. The van der Waals surface area contributed by atoms with Gasteiger partial charge in [-0.25, -0.2) is 0 Å². The van der Waals surface area contributed by atoms with Crippen LogP contribution in [0, 0.1) is 0 Å². The fourth-order valence-electron chi connectivity index (χ4n) is 2.49. The van der Waals surface area contributed by atoms with Crippen LogP contribution in [0.4, 0.5) is 0 Å². The first-order chi connectivity index (χ1) is 12.8. The quantitative estimate of drug-likeness (QED) is 0.345. The third kappa shape index (κ3) is 3.89. The SMILES string of the molecule is NCc1cncc2cccnc12.[N-]=[N+]=NCc1cncc2cccnc12. The zero-order valence-electron chi connectivity index (χ0n) is 13.9. The van der Waals surface area contributed by atoms with E-state index in [2.05, 4.69) is 30.0 Å². The summed E-state index contributed by atoms with van der Waals surface area (Å²) in [6.45, 7) is 0.777. The minimum absolute atomic E-state index is 0.290. The minimum Gasteiger partial charge on any atom is -0.326 e. The molecule has 0 unspecified atom stereocenters. The van der Waals surface area contributed by atoms with Crippen molar-refractivity contribution in [1.82, 2.24) is 19.9 Å². The molecule has 26 heavy (non-hydrogen) atoms. The van der Waals surface area contributed by atoms with Crippen molar-refractivity contribution < 1.29 is 0 Å². The topological polar surface area (TPSA) is 126 Å². The van der Waals surface area contributed by atoms with Gasteiger partial charge in [0.1, 0.15) is 0 Å². The smallest absolute Gasteiger partial charge is 0.0777 e. The molecule has 0 amide bonds. The standard InChI is InChI=1S/C9H7N5.C9H9N3/c10-14-13-6-8-5-11-4-7-2-1-3-12-9(7)8;10-4-8-6-11-5-7-2-1-3-12-9(7)8/h1-5H,6H2;1-3,5-6H,4,10H2. The number of nitrogens with zero attached hydrogens (tertiary/aromatic N) is 7. The van der Waals surface area contributed by atoms with E-state index in [0.29, 0.717) is 6.54 Å². The number of rotatable bonds is 3. The largest absolute Gasteiger partial charge is 0.326 e. The summed E-state index contributed by atoms with van der Waals surface area (Å²) >= 11 is 0. The van der Waals surface area contributed by atoms with E-state index >= 15 is 0 Å². The van der Waals surface area contributed by atoms with Crippen LogP contribution < -0.4 is 5.73 Å². The average molecular weight is 344 g/mol. The van der Waals surface area contributed by atoms with Crippen LogP contribution in [0.5, 0.6) is 0 Å². The number of azide groups is 1. The highest BCUT2D eigenvalue weighted by Gasteiger charge is 2.00. The molecule has 0 aliphatic rings. The number of nitrogens with two attached hydrogens (primary N) is 1. The van der Waals surface area contributed by atoms with E-state index < -0.39 is 0 Å². The maximum absolute atomic E-state index is 8.22. The van der Waals surface area contributed by atoms with E-state index in [9.17, 15) is 0 Å². The molecule has 0 fully saturated rings. The van der Waals surface area contributed by atoms with Crippen molar-refractivity contribution >= 4 is 21.8 Å². The summed E-state index contributed by atoms with van der Waals surface area (Å²) in [7, 11) is 0. The van der Waals surface area contributed by atoms with Crippen molar-refractivity contribution in [2.45, 2.75) is 13.1 Å². The van der Waals surface area contributed by atoms with Crippen LogP contribution in [0.3, 0.4) is 0 Å². The zero-order valence-corrected chi connectivity index (χ0v) is 13.9. The monoisotopic (exact) mass is 344 g/mol. The maximum atomic E-state index is 8.22. The predicted octanol–water partition coefficient (Wildman–Crippen LogP) is 3.53. The third-order valence-corrected chi connectivity index (χ3v) is 3.70. The zero-order chi connectivity index (χ0) is 18.2. The molecule has 0 atom stereocenters. The van der Waals surface area contributed by atoms with Gasteiger partial charge in [0, 0.05) is 70.5 Å². The average Bonchev–Trinajstić information content (AvgIpc) is 2.72. The molecule has 8 heteroatoms. The van der Waals surface area contributed by atoms with E-state index in [1.807, 2.05) is 24.3 Å². The van der Waals surface area contributed by atoms with Crippen LogP contribution in [-0.2, 0) is 13.1 Å². The minimum atomic E-state index is 0.290. The molecular formula is C18H16N8. The van der Waals surface area contributed by atoms with E-state index in [-0.39, 0.29) is 6.54 Å². The van der Waals surface area contributed by atoms with Crippen molar-refractivity contribution in [3.8, 4) is 0 Å². The summed E-state index contributed by atoms with van der Waals surface area (Å²) in [5.74, 6) is 0. The van der Waals surface area contributed by atoms with Crippen LogP contribution >= 0.6 is 0 Å². The van der Waals surface area contributed by atoms with E-state index in [0.717, 1.165) is 32.9 Å². The third-order valence-electron chi connectivity index (χ3n) is 3.70. The van der Waals surface area contributed by atoms with E-state index in [4.69, 9.17) is 11.3 Å². The molecule has 2 N–H and O–H groups in total. The van der Waals surface area contributed by atoms with Crippen LogP contribution in [0.2, 0.25) is 0 Å². The summed E-state index contributed by atoms with van der Waals surface area (Å²) < 4.78 is 0. The first-order valence-electron chi connectivity index (χ1n) is 7.89. The number of fused-ring (bicyclic) bond motifs is 2. The molecule has 0 saturated carbocycles. The molecule has 4 aromatic heterocycles. The van der Waals surface area contributed by atoms with Crippen LogP contribution in [0.25, 0.3) is 32.2 Å². The molecule has 4 aromatic rings. The van der Waals surface area contributed by atoms with Gasteiger partial charge in [0.25, 0.3) is 0 Å². The van der Waals surface area contributed by atoms with Crippen LogP contribution in [0.15, 0.2) is 66.6 Å². The van der Waals surface area contributed by atoms with Crippen molar-refractivity contribution in [1.29, 1.82) is 0 Å². The van der Waals surface area contributed by atoms with Crippen molar-refractivity contribution in [3.63, 3.8) is 0 Å². The Morgan fingerprint density at radius 2 is 1.46 bits per heavy atom. The molecule has 0 bridgehead atoms. The number of hydrogen-bond donors (Lipinski definition) is 1. The molecule has 8 nitrogen and oxygen atoms in total. The van der Waals surface area contributed by atoms with Gasteiger partial charge < -0.3 is 5.73 Å². The van der Waals surface area contributed by atoms with Crippen LogP contribution in [-0.4, -0.2) is 19.9 Å². The van der Waals surface area contributed by atoms with Gasteiger partial charge in [0.2, 0.25) is 0 Å². The molecule has 0 saturated heterocycles. The number of pyridine rings is 4. The Balaban J connectivity index is 0.000000152. The van der Waals surface area contributed by atoms with Crippen molar-refractivity contribution in [2.24, 2.45) is 10.8 Å². The second-order valence-corrected chi connectivity index (χ2v) is 5.34. The summed E-state index contributed by atoms with van der Waals surface area (Å²) in [6, 6.07) is 7.65. The lowest BCUT2D eigenvalue weighted by Crippen LogP contribution is -1.98. The summed E-state index contributed by atoms with van der Waals surface area (Å²) in [6.07, 6.45) is 10.4. The lowest BCUT2D eigenvalue weighted by Gasteiger charge is -2.00. The summed E-state index contributed by atoms with van der Waals surface area (Å²) in [5, 5.41) is 5.49. The molecule has 0 aliphatic carbocycles. The van der Waals surface area contributed by atoms with Gasteiger partial charge in [-0.1, -0.05) is 5.11 Å². The molecule has 0 aliphatic heterocycles. The molecule has 0 aromatic carbocycles. The lowest BCUT2D eigenvalue weighted by atomic mass is 10.2. The van der Waals surface area contributed by atoms with Gasteiger partial charge in [-0.05, 0) is 29.8 Å². The first kappa shape index (κ1) is 17.2. The van der Waals surface area contributed by atoms with Gasteiger partial charge >= 0.3 is 0 Å². The highest BCUT2D eigenvalue weighted by molar-refractivity contribution is 5.80. The Labute approximate surface area is 149 Å². The molecule has 4 rings (SSSR count). The van der Waals surface area contributed by atoms with E-state index in [1.165, 1.54) is 0 Å². The molecule has 0 spiro atoms. The van der Waals surface area contributed by atoms with Crippen molar-refractivity contribution in [3.05, 3.63) is 83.0 Å². The molecule has 0 radical (unpaired) electrons.